The van der Waals surface area contributed by atoms with E-state index in [1.807, 2.05) is 0 Å². The number of rotatable bonds is 2. The van der Waals surface area contributed by atoms with Gasteiger partial charge >= 0.3 is 6.18 Å². The van der Waals surface area contributed by atoms with E-state index >= 15 is 0 Å². The Morgan fingerprint density at radius 3 is 2.53 bits per heavy atom. The Labute approximate surface area is 89.2 Å². The summed E-state index contributed by atoms with van der Waals surface area (Å²) in [4.78, 5) is 11.5. The van der Waals surface area contributed by atoms with Crippen LogP contribution < -0.4 is 10.6 Å². The molecule has 2 fully saturated rings. The Morgan fingerprint density at radius 1 is 1.47 bits per heavy atom. The van der Waals surface area contributed by atoms with E-state index in [0.717, 1.165) is 0 Å². The molecule has 1 aliphatic heterocycles. The number of hydrogen-bond acceptors (Lipinski definition) is 3. The van der Waals surface area contributed by atoms with Crippen LogP contribution in [-0.2, 0) is 4.79 Å². The van der Waals surface area contributed by atoms with Crippen molar-refractivity contribution in [2.75, 3.05) is 11.6 Å². The Morgan fingerprint density at radius 2 is 2.13 bits per heavy atom. The molecule has 1 unspecified atom stereocenters. The molecule has 1 amide bonds. The molecule has 1 saturated carbocycles. The van der Waals surface area contributed by atoms with Crippen LogP contribution in [0.4, 0.5) is 13.2 Å². The molecule has 0 radical (unpaired) electrons. The van der Waals surface area contributed by atoms with Gasteiger partial charge in [-0.2, -0.15) is 13.2 Å². The zero-order valence-corrected chi connectivity index (χ0v) is 8.67. The van der Waals surface area contributed by atoms with Crippen molar-refractivity contribution < 1.29 is 18.0 Å². The number of carbonyl (C=O) groups is 1. The van der Waals surface area contributed by atoms with Crippen LogP contribution in [0, 0.1) is 0 Å². The van der Waals surface area contributed by atoms with E-state index in [9.17, 15) is 18.0 Å². The van der Waals surface area contributed by atoms with Crippen molar-refractivity contribution in [2.45, 2.75) is 30.6 Å². The minimum atomic E-state index is -4.32. The van der Waals surface area contributed by atoms with Crippen LogP contribution in [0.3, 0.4) is 0 Å². The zero-order chi connectivity index (χ0) is 11.1. The molecule has 1 atom stereocenters. The second-order valence-corrected chi connectivity index (χ2v) is 4.87. The monoisotopic (exact) mass is 240 g/mol. The van der Waals surface area contributed by atoms with E-state index in [-0.39, 0.29) is 12.8 Å². The summed E-state index contributed by atoms with van der Waals surface area (Å²) in [6, 6.07) is -0.477. The molecular weight excluding hydrogens is 229 g/mol. The van der Waals surface area contributed by atoms with Gasteiger partial charge < -0.3 is 5.32 Å². The second kappa shape index (κ2) is 3.55. The summed E-state index contributed by atoms with van der Waals surface area (Å²) in [5, 5.41) is 4.95. The molecule has 0 spiro atoms. The van der Waals surface area contributed by atoms with Gasteiger partial charge in [-0.3, -0.25) is 10.1 Å². The summed E-state index contributed by atoms with van der Waals surface area (Å²) in [6.07, 6.45) is -4.32. The lowest BCUT2D eigenvalue weighted by atomic mass is 10.2. The van der Waals surface area contributed by atoms with Crippen molar-refractivity contribution in [2.24, 2.45) is 0 Å². The highest BCUT2D eigenvalue weighted by molar-refractivity contribution is 7.99. The van der Waals surface area contributed by atoms with E-state index in [1.54, 1.807) is 0 Å². The molecular formula is C8H11F3N2OS. The van der Waals surface area contributed by atoms with Crippen molar-refractivity contribution in [3.63, 3.8) is 0 Å². The minimum absolute atomic E-state index is 0.00209. The number of alkyl halides is 3. The topological polar surface area (TPSA) is 41.1 Å². The third-order valence-corrected chi connectivity index (χ3v) is 3.63. The second-order valence-electron chi connectivity index (χ2n) is 3.84. The van der Waals surface area contributed by atoms with E-state index in [2.05, 4.69) is 10.6 Å². The van der Waals surface area contributed by atoms with Gasteiger partial charge in [0.05, 0.1) is 6.04 Å². The summed E-state index contributed by atoms with van der Waals surface area (Å²) in [5.74, 6) is 0.631. The molecule has 0 bridgehead atoms. The largest absolute Gasteiger partial charge is 0.411 e. The average molecular weight is 240 g/mol. The summed E-state index contributed by atoms with van der Waals surface area (Å²) >= 11 is 1.51. The molecule has 0 aromatic rings. The number of hydrogen-bond donors (Lipinski definition) is 2. The smallest absolute Gasteiger partial charge is 0.341 e. The van der Waals surface area contributed by atoms with E-state index in [4.69, 9.17) is 0 Å². The Balaban J connectivity index is 1.94. The van der Waals surface area contributed by atoms with Gasteiger partial charge in [-0.25, -0.2) is 0 Å². The van der Waals surface area contributed by atoms with Crippen molar-refractivity contribution in [1.82, 2.24) is 10.6 Å². The first-order chi connectivity index (χ1) is 6.95. The summed E-state index contributed by atoms with van der Waals surface area (Å²) in [7, 11) is 0. The highest BCUT2D eigenvalue weighted by Gasteiger charge is 2.64. The SMILES string of the molecule is O=C(NC1(C(F)(F)F)CC1)C1CSCN1. The summed E-state index contributed by atoms with van der Waals surface area (Å²) in [5.41, 5.74) is -1.93. The third-order valence-electron chi connectivity index (χ3n) is 2.69. The lowest BCUT2D eigenvalue weighted by Gasteiger charge is -2.22. The molecule has 0 aromatic heterocycles. The summed E-state index contributed by atoms with van der Waals surface area (Å²) < 4.78 is 37.5. The molecule has 2 N–H and O–H groups in total. The summed E-state index contributed by atoms with van der Waals surface area (Å²) in [6.45, 7) is 0. The molecule has 0 aromatic carbocycles. The number of thioether (sulfide) groups is 1. The van der Waals surface area contributed by atoms with Gasteiger partial charge in [0.2, 0.25) is 5.91 Å². The molecule has 2 aliphatic rings. The van der Waals surface area contributed by atoms with Crippen molar-refractivity contribution in [3.8, 4) is 0 Å². The van der Waals surface area contributed by atoms with Gasteiger partial charge in [-0.15, -0.1) is 11.8 Å². The van der Waals surface area contributed by atoms with Gasteiger partial charge in [0.1, 0.15) is 5.54 Å². The Kier molecular flexibility index (Phi) is 2.62. The molecule has 7 heteroatoms. The highest BCUT2D eigenvalue weighted by Crippen LogP contribution is 2.48. The Hall–Kier alpha value is -0.430. The maximum atomic E-state index is 12.5. The van der Waals surface area contributed by atoms with E-state index < -0.39 is 23.7 Å². The van der Waals surface area contributed by atoms with Gasteiger partial charge in [0.25, 0.3) is 0 Å². The lowest BCUT2D eigenvalue weighted by Crippen LogP contribution is -2.53. The first-order valence-corrected chi connectivity index (χ1v) is 5.80. The average Bonchev–Trinajstić information content (AvgIpc) is 2.74. The molecule has 15 heavy (non-hydrogen) atoms. The van der Waals surface area contributed by atoms with Crippen LogP contribution in [-0.4, -0.2) is 35.3 Å². The van der Waals surface area contributed by atoms with Gasteiger partial charge in [0, 0.05) is 11.6 Å². The maximum absolute atomic E-state index is 12.5. The fourth-order valence-corrected chi connectivity index (χ4v) is 2.43. The Bertz CT molecular complexity index is 272. The number of halogens is 3. The first kappa shape index (κ1) is 11.1. The van der Waals surface area contributed by atoms with Crippen LogP contribution in [0.25, 0.3) is 0 Å². The van der Waals surface area contributed by atoms with Gasteiger partial charge in [0.15, 0.2) is 0 Å². The highest BCUT2D eigenvalue weighted by atomic mass is 32.2. The van der Waals surface area contributed by atoms with Crippen molar-refractivity contribution >= 4 is 17.7 Å². The first-order valence-electron chi connectivity index (χ1n) is 4.64. The molecule has 3 nitrogen and oxygen atoms in total. The minimum Gasteiger partial charge on any atom is -0.341 e. The molecule has 1 saturated heterocycles. The number of amides is 1. The third kappa shape index (κ3) is 2.08. The van der Waals surface area contributed by atoms with Crippen LogP contribution >= 0.6 is 11.8 Å². The molecule has 2 rings (SSSR count). The quantitative estimate of drug-likeness (QED) is 0.752. The molecule has 86 valence electrons. The van der Waals surface area contributed by atoms with E-state index in [1.165, 1.54) is 11.8 Å². The number of nitrogens with one attached hydrogen (secondary N) is 2. The standard InChI is InChI=1S/C8H11F3N2OS/c9-8(10,11)7(1-2-7)13-6(14)5-3-15-4-12-5/h5,12H,1-4H2,(H,13,14). The molecule has 1 heterocycles. The van der Waals surface area contributed by atoms with Crippen LogP contribution in [0.1, 0.15) is 12.8 Å². The van der Waals surface area contributed by atoms with Crippen LogP contribution in [0.5, 0.6) is 0 Å². The van der Waals surface area contributed by atoms with Crippen molar-refractivity contribution in [3.05, 3.63) is 0 Å². The zero-order valence-electron chi connectivity index (χ0n) is 7.86. The van der Waals surface area contributed by atoms with E-state index in [0.29, 0.717) is 11.6 Å². The normalized spacial score (nSPS) is 28.9. The van der Waals surface area contributed by atoms with Crippen molar-refractivity contribution in [1.29, 1.82) is 0 Å². The maximum Gasteiger partial charge on any atom is 0.411 e. The fraction of sp³-hybridized carbons (Fsp3) is 0.875. The predicted molar refractivity (Wildman–Crippen MR) is 50.4 cm³/mol. The predicted octanol–water partition coefficient (Wildman–Crippen LogP) is 0.860. The van der Waals surface area contributed by atoms with Crippen LogP contribution in [0.2, 0.25) is 0 Å². The van der Waals surface area contributed by atoms with Crippen LogP contribution in [0.15, 0.2) is 0 Å². The fourth-order valence-electron chi connectivity index (χ4n) is 1.49. The van der Waals surface area contributed by atoms with Gasteiger partial charge in [-0.1, -0.05) is 0 Å². The number of carbonyl (C=O) groups excluding carboxylic acids is 1. The molecule has 1 aliphatic carbocycles. The van der Waals surface area contributed by atoms with Gasteiger partial charge in [-0.05, 0) is 12.8 Å². The lowest BCUT2D eigenvalue weighted by molar-refractivity contribution is -0.170.